The molecule has 0 saturated heterocycles. The molecule has 2 atom stereocenters. The molecule has 0 saturated carbocycles. The van der Waals surface area contributed by atoms with Crippen LogP contribution in [0, 0.1) is 0 Å². The van der Waals surface area contributed by atoms with Crippen molar-refractivity contribution < 1.29 is 23.9 Å². The molecule has 1 N–H and O–H groups in total. The number of ether oxygens (including phenoxy) is 2. The summed E-state index contributed by atoms with van der Waals surface area (Å²) in [5, 5.41) is 6.64. The highest BCUT2D eigenvalue weighted by Crippen LogP contribution is 2.29. The highest BCUT2D eigenvalue weighted by atomic mass is 32.1. The van der Waals surface area contributed by atoms with Crippen molar-refractivity contribution in [2.24, 2.45) is 0 Å². The van der Waals surface area contributed by atoms with Crippen molar-refractivity contribution in [3.8, 4) is 0 Å². The summed E-state index contributed by atoms with van der Waals surface area (Å²) in [6.45, 7) is 2.56. The molecule has 0 aliphatic carbocycles. The number of methoxy groups -OCH3 is 1. The van der Waals surface area contributed by atoms with E-state index in [4.69, 9.17) is 9.47 Å². The van der Waals surface area contributed by atoms with Crippen LogP contribution in [0.5, 0.6) is 0 Å². The first-order valence-electron chi connectivity index (χ1n) is 11.9. The number of carbonyl (C=O) groups excluding carboxylic acids is 3. The number of hydrogen-bond donors (Lipinski definition) is 1. The van der Waals surface area contributed by atoms with Crippen LogP contribution in [-0.2, 0) is 32.1 Å². The third-order valence-electron chi connectivity index (χ3n) is 5.76. The van der Waals surface area contributed by atoms with E-state index in [1.165, 1.54) is 18.4 Å². The van der Waals surface area contributed by atoms with Gasteiger partial charge in [0.2, 0.25) is 5.91 Å². The van der Waals surface area contributed by atoms with Crippen molar-refractivity contribution in [2.45, 2.75) is 51.3 Å². The van der Waals surface area contributed by atoms with Crippen LogP contribution in [0.3, 0.4) is 0 Å². The van der Waals surface area contributed by atoms with Gasteiger partial charge < -0.3 is 19.7 Å². The van der Waals surface area contributed by atoms with Crippen molar-refractivity contribution >= 4 is 40.6 Å². The third-order valence-corrected chi connectivity index (χ3v) is 7.68. The lowest BCUT2D eigenvalue weighted by molar-refractivity contribution is -0.155. The minimum Gasteiger partial charge on any atom is -0.467 e. The van der Waals surface area contributed by atoms with E-state index in [0.29, 0.717) is 25.8 Å². The van der Waals surface area contributed by atoms with E-state index in [9.17, 15) is 14.4 Å². The first-order chi connectivity index (χ1) is 17.5. The predicted octanol–water partition coefficient (Wildman–Crippen LogP) is 5.58. The predicted molar refractivity (Wildman–Crippen MR) is 142 cm³/mol. The van der Waals surface area contributed by atoms with Crippen molar-refractivity contribution in [3.63, 3.8) is 0 Å². The molecule has 0 spiro atoms. The minimum absolute atomic E-state index is 0.114. The number of unbranched alkanes of at least 4 members (excludes halogenated alkanes) is 1. The molecule has 2 amide bonds. The number of hydrogen-bond acceptors (Lipinski definition) is 7. The summed E-state index contributed by atoms with van der Waals surface area (Å²) in [5.74, 6) is -0.551. The number of nitrogens with one attached hydrogen (secondary N) is 1. The maximum Gasteiger partial charge on any atom is 0.407 e. The van der Waals surface area contributed by atoms with Crippen molar-refractivity contribution in [2.75, 3.05) is 13.7 Å². The molecule has 2 aromatic heterocycles. The molecule has 7 nitrogen and oxygen atoms in total. The van der Waals surface area contributed by atoms with Crippen molar-refractivity contribution in [1.29, 1.82) is 0 Å². The average Bonchev–Trinajstić information content (AvgIpc) is 3.61. The maximum atomic E-state index is 13.4. The van der Waals surface area contributed by atoms with Crippen molar-refractivity contribution in [1.82, 2.24) is 10.2 Å². The third kappa shape index (κ3) is 8.20. The van der Waals surface area contributed by atoms with Crippen LogP contribution in [0.15, 0.2) is 65.4 Å². The minimum atomic E-state index is -0.718. The average molecular weight is 529 g/mol. The first-order valence-corrected chi connectivity index (χ1v) is 13.6. The fourth-order valence-electron chi connectivity index (χ4n) is 3.91. The van der Waals surface area contributed by atoms with E-state index in [2.05, 4.69) is 5.32 Å². The molecule has 9 heteroatoms. The van der Waals surface area contributed by atoms with Gasteiger partial charge >= 0.3 is 12.1 Å². The van der Waals surface area contributed by atoms with Gasteiger partial charge in [-0.25, -0.2) is 9.59 Å². The zero-order valence-corrected chi connectivity index (χ0v) is 22.2. The number of carbonyl (C=O) groups is 3. The number of rotatable bonds is 13. The van der Waals surface area contributed by atoms with Gasteiger partial charge in [-0.15, -0.1) is 22.7 Å². The molecule has 0 aliphatic heterocycles. The molecule has 3 rings (SSSR count). The number of alkyl carbamates (subject to hydrolysis) is 1. The summed E-state index contributed by atoms with van der Waals surface area (Å²) in [6.07, 6.45) is 1.43. The summed E-state index contributed by atoms with van der Waals surface area (Å²) in [4.78, 5) is 41.9. The van der Waals surface area contributed by atoms with Gasteiger partial charge in [0.15, 0.2) is 0 Å². The van der Waals surface area contributed by atoms with Gasteiger partial charge in [0.1, 0.15) is 12.6 Å². The van der Waals surface area contributed by atoms with Gasteiger partial charge in [-0.05, 0) is 54.6 Å². The van der Waals surface area contributed by atoms with E-state index in [1.807, 2.05) is 72.3 Å². The van der Waals surface area contributed by atoms with Gasteiger partial charge in [-0.3, -0.25) is 4.79 Å². The zero-order chi connectivity index (χ0) is 25.8. The van der Waals surface area contributed by atoms with E-state index in [0.717, 1.165) is 15.3 Å². The molecule has 0 aliphatic rings. The second-order valence-electron chi connectivity index (χ2n) is 8.27. The number of thiophene rings is 2. The number of amides is 2. The number of benzene rings is 1. The molecule has 0 bridgehead atoms. The van der Waals surface area contributed by atoms with E-state index in [1.54, 1.807) is 16.2 Å². The molecule has 1 aromatic carbocycles. The maximum absolute atomic E-state index is 13.4. The Labute approximate surface area is 220 Å². The van der Waals surface area contributed by atoms with Crippen LogP contribution >= 0.6 is 22.7 Å². The lowest BCUT2D eigenvalue weighted by atomic mass is 10.0. The largest absolute Gasteiger partial charge is 0.467 e. The Kier molecular flexibility index (Phi) is 11.0. The zero-order valence-electron chi connectivity index (χ0n) is 20.6. The number of nitrogens with zero attached hydrogens (tertiary/aromatic N) is 1. The highest BCUT2D eigenvalue weighted by molar-refractivity contribution is 7.10. The normalized spacial score (nSPS) is 12.4. The molecular weight excluding hydrogens is 496 g/mol. The van der Waals surface area contributed by atoms with Crippen LogP contribution in [0.25, 0.3) is 0 Å². The molecule has 36 heavy (non-hydrogen) atoms. The molecule has 3 aromatic rings. The molecule has 1 unspecified atom stereocenters. The molecule has 0 fully saturated rings. The monoisotopic (exact) mass is 528 g/mol. The van der Waals surface area contributed by atoms with Crippen LogP contribution in [0.1, 0.15) is 47.5 Å². The van der Waals surface area contributed by atoms with Gasteiger partial charge in [0, 0.05) is 16.3 Å². The van der Waals surface area contributed by atoms with E-state index in [-0.39, 0.29) is 25.0 Å². The van der Waals surface area contributed by atoms with E-state index >= 15 is 0 Å². The Hall–Kier alpha value is -3.17. The Balaban J connectivity index is 1.57. The summed E-state index contributed by atoms with van der Waals surface area (Å²) >= 11 is 3.07. The van der Waals surface area contributed by atoms with Gasteiger partial charge in [0.25, 0.3) is 0 Å². The smallest absolute Gasteiger partial charge is 0.407 e. The van der Waals surface area contributed by atoms with Gasteiger partial charge in [-0.2, -0.15) is 0 Å². The van der Waals surface area contributed by atoms with Crippen molar-refractivity contribution in [3.05, 3.63) is 80.7 Å². The summed E-state index contributed by atoms with van der Waals surface area (Å²) < 4.78 is 10.3. The SMILES string of the molecule is COC(=O)[C@H](CCCCNC(=O)OCc1ccccc1)N(C(=O)Cc1cccs1)C(C)c1cccs1. The molecular formula is C27H32N2O5S2. The topological polar surface area (TPSA) is 84.9 Å². The first kappa shape index (κ1) is 27.4. The van der Waals surface area contributed by atoms with Gasteiger partial charge in [-0.1, -0.05) is 42.5 Å². The Bertz CT molecular complexity index is 1070. The fraction of sp³-hybridized carbons (Fsp3) is 0.370. The second-order valence-corrected chi connectivity index (χ2v) is 10.3. The number of esters is 1. The molecule has 192 valence electrons. The van der Waals surface area contributed by atoms with Crippen LogP contribution in [0.4, 0.5) is 4.79 Å². The fourth-order valence-corrected chi connectivity index (χ4v) is 5.39. The quantitative estimate of drug-likeness (QED) is 0.231. The van der Waals surface area contributed by atoms with Gasteiger partial charge in [0.05, 0.1) is 19.6 Å². The van der Waals surface area contributed by atoms with Crippen LogP contribution < -0.4 is 5.32 Å². The van der Waals surface area contributed by atoms with Crippen LogP contribution in [-0.4, -0.2) is 42.6 Å². The summed E-state index contributed by atoms with van der Waals surface area (Å²) in [5.41, 5.74) is 0.917. The lowest BCUT2D eigenvalue weighted by Crippen LogP contribution is -2.47. The van der Waals surface area contributed by atoms with Crippen LogP contribution in [0.2, 0.25) is 0 Å². The Morgan fingerprint density at radius 2 is 1.72 bits per heavy atom. The summed E-state index contributed by atoms with van der Waals surface area (Å²) in [7, 11) is 1.34. The molecule has 0 radical (unpaired) electrons. The van der Waals surface area contributed by atoms with E-state index < -0.39 is 18.1 Å². The molecule has 2 heterocycles. The second kappa shape index (κ2) is 14.4. The Morgan fingerprint density at radius 3 is 2.39 bits per heavy atom. The summed E-state index contributed by atoms with van der Waals surface area (Å²) in [6, 6.07) is 16.2. The Morgan fingerprint density at radius 1 is 0.972 bits per heavy atom. The standard InChI is InChI=1S/C27H32N2O5S2/c1-20(24-14-9-17-36-24)29(25(30)18-22-12-8-16-35-22)23(26(31)33-2)13-6-7-15-28-27(32)34-19-21-10-4-3-5-11-21/h3-5,8-12,14,16-17,20,23H,6-7,13,15,18-19H2,1-2H3,(H,28,32)/t20?,23-/m0/s1. The highest BCUT2D eigenvalue weighted by Gasteiger charge is 2.34. The lowest BCUT2D eigenvalue weighted by Gasteiger charge is -2.35.